The Bertz CT molecular complexity index is 381. The zero-order valence-electron chi connectivity index (χ0n) is 10.9. The quantitative estimate of drug-likeness (QED) is 0.490. The molecule has 0 aliphatic heterocycles. The van der Waals surface area contributed by atoms with Crippen molar-refractivity contribution in [1.29, 1.82) is 0 Å². The number of hydrazine groups is 1. The van der Waals surface area contributed by atoms with Crippen molar-refractivity contribution < 1.29 is 4.79 Å². The lowest BCUT2D eigenvalue weighted by molar-refractivity contribution is 0.0957. The van der Waals surface area contributed by atoms with Crippen molar-refractivity contribution in [2.24, 2.45) is 11.3 Å². The summed E-state index contributed by atoms with van der Waals surface area (Å²) >= 11 is 1.49. The molecule has 5 heteroatoms. The van der Waals surface area contributed by atoms with E-state index in [2.05, 4.69) is 38.1 Å². The van der Waals surface area contributed by atoms with Crippen LogP contribution in [-0.4, -0.2) is 24.4 Å². The summed E-state index contributed by atoms with van der Waals surface area (Å²) in [4.78, 5) is 15.4. The maximum Gasteiger partial charge on any atom is 0.275 e. The van der Waals surface area contributed by atoms with Gasteiger partial charge in [0.15, 0.2) is 0 Å². The number of nitrogens with zero attached hydrogens (tertiary/aromatic N) is 1. The Hall–Kier alpha value is -0.910. The molecular formula is C12H21N3OS. The summed E-state index contributed by atoms with van der Waals surface area (Å²) < 4.78 is 0. The standard InChI is InChI=1S/C12H21N3OS/c1-12(2,3)8-15(4)7-9-5-6-10(17-9)11(16)14-13/h5-6H,7-8,13H2,1-4H3,(H,14,16). The maximum absolute atomic E-state index is 11.3. The largest absolute Gasteiger partial charge is 0.301 e. The number of hydrogen-bond donors (Lipinski definition) is 2. The Morgan fingerprint density at radius 3 is 2.65 bits per heavy atom. The minimum absolute atomic E-state index is 0.222. The summed E-state index contributed by atoms with van der Waals surface area (Å²) in [5.74, 6) is 4.87. The molecule has 1 rings (SSSR count). The molecular weight excluding hydrogens is 234 g/mol. The summed E-state index contributed by atoms with van der Waals surface area (Å²) in [7, 11) is 2.09. The minimum atomic E-state index is -0.222. The molecule has 0 aliphatic carbocycles. The highest BCUT2D eigenvalue weighted by atomic mass is 32.1. The topological polar surface area (TPSA) is 58.4 Å². The Morgan fingerprint density at radius 2 is 2.12 bits per heavy atom. The van der Waals surface area contributed by atoms with Gasteiger partial charge in [0.25, 0.3) is 5.91 Å². The van der Waals surface area contributed by atoms with Crippen LogP contribution in [-0.2, 0) is 6.54 Å². The number of nitrogens with one attached hydrogen (secondary N) is 1. The fourth-order valence-corrected chi connectivity index (χ4v) is 2.78. The second-order valence-corrected chi connectivity index (χ2v) is 6.64. The lowest BCUT2D eigenvalue weighted by atomic mass is 9.96. The molecule has 0 fully saturated rings. The summed E-state index contributed by atoms with van der Waals surface area (Å²) in [6, 6.07) is 3.79. The van der Waals surface area contributed by atoms with Gasteiger partial charge in [-0.3, -0.25) is 10.2 Å². The SMILES string of the molecule is CN(Cc1ccc(C(=O)NN)s1)CC(C)(C)C. The van der Waals surface area contributed by atoms with Gasteiger partial charge >= 0.3 is 0 Å². The Balaban J connectivity index is 2.57. The predicted molar refractivity (Wildman–Crippen MR) is 71.8 cm³/mol. The first-order valence-corrected chi connectivity index (χ1v) is 6.42. The molecule has 1 aromatic heterocycles. The summed E-state index contributed by atoms with van der Waals surface area (Å²) in [6.07, 6.45) is 0. The van der Waals surface area contributed by atoms with Crippen molar-refractivity contribution >= 4 is 17.2 Å². The van der Waals surface area contributed by atoms with Crippen LogP contribution in [0.4, 0.5) is 0 Å². The third kappa shape index (κ3) is 4.85. The lowest BCUT2D eigenvalue weighted by Gasteiger charge is -2.25. The van der Waals surface area contributed by atoms with Crippen molar-refractivity contribution in [1.82, 2.24) is 10.3 Å². The van der Waals surface area contributed by atoms with Gasteiger partial charge in [-0.1, -0.05) is 20.8 Å². The van der Waals surface area contributed by atoms with Crippen LogP contribution in [0, 0.1) is 5.41 Å². The van der Waals surface area contributed by atoms with Gasteiger partial charge in [-0.2, -0.15) is 0 Å². The van der Waals surface area contributed by atoms with Gasteiger partial charge in [0, 0.05) is 18.0 Å². The van der Waals surface area contributed by atoms with E-state index in [9.17, 15) is 4.79 Å². The molecule has 96 valence electrons. The predicted octanol–water partition coefficient (Wildman–Crippen LogP) is 1.83. The molecule has 0 saturated heterocycles. The molecule has 0 atom stereocenters. The number of nitrogens with two attached hydrogens (primary N) is 1. The molecule has 0 aromatic carbocycles. The highest BCUT2D eigenvalue weighted by Crippen LogP contribution is 2.20. The number of rotatable bonds is 4. The average molecular weight is 255 g/mol. The zero-order chi connectivity index (χ0) is 13.1. The van der Waals surface area contributed by atoms with Crippen LogP contribution in [0.1, 0.15) is 35.3 Å². The first-order chi connectivity index (χ1) is 7.81. The Morgan fingerprint density at radius 1 is 1.47 bits per heavy atom. The molecule has 0 radical (unpaired) electrons. The van der Waals surface area contributed by atoms with Crippen molar-refractivity contribution in [3.63, 3.8) is 0 Å². The molecule has 0 aliphatic rings. The zero-order valence-corrected chi connectivity index (χ0v) is 11.7. The van der Waals surface area contributed by atoms with E-state index in [0.29, 0.717) is 4.88 Å². The number of hydrogen-bond acceptors (Lipinski definition) is 4. The Kier molecular flexibility index (Phi) is 4.68. The van der Waals surface area contributed by atoms with Gasteiger partial charge in [0.1, 0.15) is 0 Å². The molecule has 4 nitrogen and oxygen atoms in total. The fraction of sp³-hybridized carbons (Fsp3) is 0.583. The van der Waals surface area contributed by atoms with Crippen molar-refractivity contribution in [2.45, 2.75) is 27.3 Å². The van der Waals surface area contributed by atoms with Crippen molar-refractivity contribution in [3.8, 4) is 0 Å². The molecule has 0 bridgehead atoms. The van der Waals surface area contributed by atoms with E-state index < -0.39 is 0 Å². The number of carbonyl (C=O) groups excluding carboxylic acids is 1. The van der Waals surface area contributed by atoms with Gasteiger partial charge in [-0.15, -0.1) is 11.3 Å². The van der Waals surface area contributed by atoms with Gasteiger partial charge < -0.3 is 4.90 Å². The van der Waals surface area contributed by atoms with E-state index in [1.165, 1.54) is 16.2 Å². The van der Waals surface area contributed by atoms with Crippen LogP contribution < -0.4 is 11.3 Å². The van der Waals surface area contributed by atoms with Gasteiger partial charge in [-0.05, 0) is 24.6 Å². The second-order valence-electron chi connectivity index (χ2n) is 5.47. The Labute approximate surface area is 107 Å². The summed E-state index contributed by atoms with van der Waals surface area (Å²) in [6.45, 7) is 8.52. The third-order valence-electron chi connectivity index (χ3n) is 2.19. The normalized spacial score (nSPS) is 11.9. The summed E-state index contributed by atoms with van der Waals surface area (Å²) in [5, 5.41) is 0. The molecule has 0 saturated carbocycles. The van der Waals surface area contributed by atoms with E-state index in [-0.39, 0.29) is 11.3 Å². The highest BCUT2D eigenvalue weighted by Gasteiger charge is 2.15. The third-order valence-corrected chi connectivity index (χ3v) is 3.26. The maximum atomic E-state index is 11.3. The monoisotopic (exact) mass is 255 g/mol. The number of nitrogen functional groups attached to an aromatic ring is 1. The van der Waals surface area contributed by atoms with Crippen molar-refractivity contribution in [3.05, 3.63) is 21.9 Å². The van der Waals surface area contributed by atoms with E-state index in [1.807, 2.05) is 12.1 Å². The lowest BCUT2D eigenvalue weighted by Crippen LogP contribution is -2.29. The van der Waals surface area contributed by atoms with Crippen LogP contribution in [0.5, 0.6) is 0 Å². The van der Waals surface area contributed by atoms with E-state index in [4.69, 9.17) is 5.84 Å². The fourth-order valence-electron chi connectivity index (χ4n) is 1.79. The first kappa shape index (κ1) is 14.2. The number of carbonyl (C=O) groups is 1. The first-order valence-electron chi connectivity index (χ1n) is 5.60. The van der Waals surface area contributed by atoms with Crippen molar-refractivity contribution in [2.75, 3.05) is 13.6 Å². The minimum Gasteiger partial charge on any atom is -0.301 e. The van der Waals surface area contributed by atoms with Gasteiger partial charge in [-0.25, -0.2) is 5.84 Å². The molecule has 0 unspecified atom stereocenters. The molecule has 1 amide bonds. The molecule has 1 heterocycles. The molecule has 17 heavy (non-hydrogen) atoms. The smallest absolute Gasteiger partial charge is 0.275 e. The summed E-state index contributed by atoms with van der Waals surface area (Å²) in [5.41, 5.74) is 2.43. The highest BCUT2D eigenvalue weighted by molar-refractivity contribution is 7.14. The second kappa shape index (κ2) is 5.62. The van der Waals surface area contributed by atoms with Gasteiger partial charge in [0.2, 0.25) is 0 Å². The van der Waals surface area contributed by atoms with E-state index >= 15 is 0 Å². The van der Waals surface area contributed by atoms with Crippen LogP contribution >= 0.6 is 11.3 Å². The molecule has 3 N–H and O–H groups in total. The molecule has 0 spiro atoms. The van der Waals surface area contributed by atoms with Crippen LogP contribution in [0.3, 0.4) is 0 Å². The average Bonchev–Trinajstić information content (AvgIpc) is 2.62. The molecule has 1 aromatic rings. The number of amides is 1. The van der Waals surface area contributed by atoms with Crippen LogP contribution in [0.15, 0.2) is 12.1 Å². The number of thiophene rings is 1. The van der Waals surface area contributed by atoms with E-state index in [0.717, 1.165) is 13.1 Å². The van der Waals surface area contributed by atoms with Crippen LogP contribution in [0.2, 0.25) is 0 Å². The van der Waals surface area contributed by atoms with E-state index in [1.54, 1.807) is 0 Å². The van der Waals surface area contributed by atoms with Gasteiger partial charge in [0.05, 0.1) is 4.88 Å². The van der Waals surface area contributed by atoms with Crippen LogP contribution in [0.25, 0.3) is 0 Å².